The Labute approximate surface area is 126 Å². The molecule has 0 aromatic carbocycles. The number of nitrogens with one attached hydrogen (secondary N) is 1. The number of aliphatic carboxylic acids is 1. The number of carboxylic acids is 1. The largest absolute Gasteiger partial charge is 0.477 e. The van der Waals surface area contributed by atoms with Gasteiger partial charge in [-0.3, -0.25) is 9.59 Å². The van der Waals surface area contributed by atoms with E-state index in [0.717, 1.165) is 0 Å². The maximum atomic E-state index is 12.0. The molecule has 2 aliphatic heterocycles. The lowest BCUT2D eigenvalue weighted by molar-refractivity contribution is -0.155. The van der Waals surface area contributed by atoms with Crippen molar-refractivity contribution >= 4 is 29.5 Å². The summed E-state index contributed by atoms with van der Waals surface area (Å²) in [5.41, 5.74) is 5.81. The molecule has 0 spiro atoms. The van der Waals surface area contributed by atoms with Gasteiger partial charge in [0.15, 0.2) is 0 Å². The maximum Gasteiger partial charge on any atom is 0.353 e. The van der Waals surface area contributed by atoms with Crippen LogP contribution in [0, 0.1) is 5.92 Å². The number of nitrogens with zero attached hydrogens (tertiary/aromatic N) is 1. The van der Waals surface area contributed by atoms with Crippen molar-refractivity contribution in [3.63, 3.8) is 0 Å². The lowest BCUT2D eigenvalue weighted by Crippen LogP contribution is -2.63. The number of thioether (sulfide) groups is 1. The summed E-state index contributed by atoms with van der Waals surface area (Å²) in [6.45, 7) is 3.13. The number of nitrogens with two attached hydrogens (primary N) is 1. The third-order valence-electron chi connectivity index (χ3n) is 3.50. The fourth-order valence-electron chi connectivity index (χ4n) is 2.65. The van der Waals surface area contributed by atoms with Crippen molar-refractivity contribution < 1.29 is 19.5 Å². The SMILES string of the molecule is CC(=O)N/C=C/SC1=C(C(=O)O)N2C(=O)[C@@H]([C@@H](C)N)[C@H]2C1. The number of carbonyl (C=O) groups is 3. The minimum atomic E-state index is -1.12. The van der Waals surface area contributed by atoms with Crippen molar-refractivity contribution in [2.75, 3.05) is 0 Å². The van der Waals surface area contributed by atoms with Crippen LogP contribution in [0.4, 0.5) is 0 Å². The zero-order chi connectivity index (χ0) is 15.7. The first kappa shape index (κ1) is 15.6. The molecule has 1 fully saturated rings. The third-order valence-corrected chi connectivity index (χ3v) is 4.42. The average Bonchev–Trinajstić information content (AvgIpc) is 2.68. The van der Waals surface area contributed by atoms with E-state index in [0.29, 0.717) is 11.3 Å². The molecule has 0 aromatic rings. The Kier molecular flexibility index (Phi) is 4.38. The van der Waals surface area contributed by atoms with E-state index in [-0.39, 0.29) is 35.5 Å². The molecule has 3 atom stereocenters. The Morgan fingerprint density at radius 2 is 2.24 bits per heavy atom. The smallest absolute Gasteiger partial charge is 0.353 e. The van der Waals surface area contributed by atoms with Crippen LogP contribution < -0.4 is 11.1 Å². The topological polar surface area (TPSA) is 113 Å². The average molecular weight is 311 g/mol. The van der Waals surface area contributed by atoms with Crippen LogP contribution in [-0.2, 0) is 14.4 Å². The summed E-state index contributed by atoms with van der Waals surface area (Å²) in [7, 11) is 0. The predicted octanol–water partition coefficient (Wildman–Crippen LogP) is 0.201. The van der Waals surface area contributed by atoms with E-state index in [1.807, 2.05) is 0 Å². The van der Waals surface area contributed by atoms with Crippen LogP contribution in [0.2, 0.25) is 0 Å². The molecule has 4 N–H and O–H groups in total. The van der Waals surface area contributed by atoms with Gasteiger partial charge >= 0.3 is 5.97 Å². The maximum absolute atomic E-state index is 12.0. The molecule has 2 rings (SSSR count). The van der Waals surface area contributed by atoms with E-state index in [4.69, 9.17) is 5.73 Å². The fraction of sp³-hybridized carbons (Fsp3) is 0.462. The molecule has 1 saturated heterocycles. The van der Waals surface area contributed by atoms with Crippen molar-refractivity contribution in [3.05, 3.63) is 22.2 Å². The lowest BCUT2D eigenvalue weighted by Gasteiger charge is -2.45. The molecule has 114 valence electrons. The Hall–Kier alpha value is -1.80. The molecular formula is C13H17N3O4S. The molecule has 8 heteroatoms. The highest BCUT2D eigenvalue weighted by Crippen LogP contribution is 2.46. The standard InChI is InChI=1S/C13H17N3O4S/c1-6(14)10-8-5-9(21-4-3-15-7(2)17)11(13(19)20)16(8)12(10)18/h3-4,6,8,10H,5,14H2,1-2H3,(H,15,17)(H,19,20)/b4-3+/t6-,8-,10+/m1/s1. The molecule has 0 unspecified atom stereocenters. The van der Waals surface area contributed by atoms with Crippen molar-refractivity contribution in [1.82, 2.24) is 10.2 Å². The number of hydrogen-bond acceptors (Lipinski definition) is 5. The van der Waals surface area contributed by atoms with Gasteiger partial charge < -0.3 is 21.1 Å². The molecular weight excluding hydrogens is 294 g/mol. The molecule has 0 bridgehead atoms. The van der Waals surface area contributed by atoms with Gasteiger partial charge in [-0.2, -0.15) is 0 Å². The van der Waals surface area contributed by atoms with Crippen LogP contribution in [0.5, 0.6) is 0 Å². The van der Waals surface area contributed by atoms with Crippen LogP contribution >= 0.6 is 11.8 Å². The molecule has 2 amide bonds. The van der Waals surface area contributed by atoms with Crippen LogP contribution in [0.25, 0.3) is 0 Å². The van der Waals surface area contributed by atoms with E-state index in [9.17, 15) is 19.5 Å². The number of hydrogen-bond donors (Lipinski definition) is 3. The summed E-state index contributed by atoms with van der Waals surface area (Å²) in [5.74, 6) is -1.88. The molecule has 2 heterocycles. The lowest BCUT2D eigenvalue weighted by atomic mass is 9.82. The Morgan fingerprint density at radius 3 is 2.76 bits per heavy atom. The molecule has 0 aromatic heterocycles. The van der Waals surface area contributed by atoms with Crippen LogP contribution in [-0.4, -0.2) is 39.9 Å². The summed E-state index contributed by atoms with van der Waals surface area (Å²) < 4.78 is 0. The van der Waals surface area contributed by atoms with E-state index in [1.54, 1.807) is 12.3 Å². The predicted molar refractivity (Wildman–Crippen MR) is 77.6 cm³/mol. The van der Waals surface area contributed by atoms with Gasteiger partial charge in [0, 0.05) is 30.5 Å². The van der Waals surface area contributed by atoms with Gasteiger partial charge in [0.1, 0.15) is 5.70 Å². The fourth-order valence-corrected chi connectivity index (χ4v) is 3.52. The second kappa shape index (κ2) is 5.90. The van der Waals surface area contributed by atoms with E-state index in [2.05, 4.69) is 5.32 Å². The van der Waals surface area contributed by atoms with Crippen LogP contribution in [0.15, 0.2) is 22.2 Å². The zero-order valence-electron chi connectivity index (χ0n) is 11.7. The van der Waals surface area contributed by atoms with Gasteiger partial charge in [-0.05, 0) is 12.3 Å². The Morgan fingerprint density at radius 1 is 1.57 bits per heavy atom. The summed E-state index contributed by atoms with van der Waals surface area (Å²) >= 11 is 1.19. The van der Waals surface area contributed by atoms with E-state index < -0.39 is 5.97 Å². The number of rotatable bonds is 5. The summed E-state index contributed by atoms with van der Waals surface area (Å²) in [6.07, 6.45) is 1.93. The first-order chi connectivity index (χ1) is 9.84. The number of fused-ring (bicyclic) bond motifs is 1. The summed E-state index contributed by atoms with van der Waals surface area (Å²) in [5, 5.41) is 13.4. The summed E-state index contributed by atoms with van der Waals surface area (Å²) in [4.78, 5) is 36.1. The normalized spacial score (nSPS) is 25.9. The van der Waals surface area contributed by atoms with Crippen molar-refractivity contribution in [1.29, 1.82) is 0 Å². The quantitative estimate of drug-likeness (QED) is 0.625. The summed E-state index contributed by atoms with van der Waals surface area (Å²) in [6, 6.07) is -0.465. The van der Waals surface area contributed by atoms with Gasteiger partial charge in [0.25, 0.3) is 0 Å². The second-order valence-corrected chi connectivity index (χ2v) is 6.06. The highest BCUT2D eigenvalue weighted by Gasteiger charge is 2.56. The highest BCUT2D eigenvalue weighted by molar-refractivity contribution is 8.05. The van der Waals surface area contributed by atoms with Crippen LogP contribution in [0.1, 0.15) is 20.3 Å². The Bertz CT molecular complexity index is 556. The number of β-lactam (4-membered cyclic amide) rings is 1. The number of carbonyl (C=O) groups excluding carboxylic acids is 2. The molecule has 2 aliphatic rings. The molecule has 7 nitrogen and oxygen atoms in total. The first-order valence-electron chi connectivity index (χ1n) is 6.48. The third kappa shape index (κ3) is 2.81. The zero-order valence-corrected chi connectivity index (χ0v) is 12.5. The molecule has 0 radical (unpaired) electrons. The van der Waals surface area contributed by atoms with Gasteiger partial charge in [0.2, 0.25) is 11.8 Å². The number of amides is 2. The number of carboxylic acid groups (broad SMARTS) is 1. The highest BCUT2D eigenvalue weighted by atomic mass is 32.2. The first-order valence-corrected chi connectivity index (χ1v) is 7.36. The van der Waals surface area contributed by atoms with E-state index in [1.165, 1.54) is 29.8 Å². The second-order valence-electron chi connectivity index (χ2n) is 5.06. The van der Waals surface area contributed by atoms with Crippen molar-refractivity contribution in [2.24, 2.45) is 11.7 Å². The minimum absolute atomic E-state index is 0.0272. The van der Waals surface area contributed by atoms with Gasteiger partial charge in [-0.1, -0.05) is 11.8 Å². The molecule has 21 heavy (non-hydrogen) atoms. The Balaban J connectivity index is 2.13. The van der Waals surface area contributed by atoms with Crippen molar-refractivity contribution in [3.8, 4) is 0 Å². The van der Waals surface area contributed by atoms with Crippen LogP contribution in [0.3, 0.4) is 0 Å². The van der Waals surface area contributed by atoms with Gasteiger partial charge in [-0.25, -0.2) is 4.79 Å². The molecule has 0 saturated carbocycles. The van der Waals surface area contributed by atoms with Gasteiger partial charge in [-0.15, -0.1) is 0 Å². The van der Waals surface area contributed by atoms with E-state index >= 15 is 0 Å². The van der Waals surface area contributed by atoms with Gasteiger partial charge in [0.05, 0.1) is 12.0 Å². The van der Waals surface area contributed by atoms with Crippen molar-refractivity contribution in [2.45, 2.75) is 32.4 Å². The molecule has 0 aliphatic carbocycles. The minimum Gasteiger partial charge on any atom is -0.477 e. The monoisotopic (exact) mass is 311 g/mol.